The van der Waals surface area contributed by atoms with Crippen molar-refractivity contribution in [2.24, 2.45) is 0 Å². The highest BCUT2D eigenvalue weighted by molar-refractivity contribution is 7.97. The first-order valence-corrected chi connectivity index (χ1v) is 9.48. The van der Waals surface area contributed by atoms with E-state index in [4.69, 9.17) is 0 Å². The molecule has 0 aliphatic heterocycles. The molecule has 1 unspecified atom stereocenters. The normalized spacial score (nSPS) is 13.3. The van der Waals surface area contributed by atoms with E-state index in [1.807, 2.05) is 18.3 Å². The van der Waals surface area contributed by atoms with Gasteiger partial charge >= 0.3 is 0 Å². The number of nitrogens with one attached hydrogen (secondary N) is 2. The van der Waals surface area contributed by atoms with Crippen molar-refractivity contribution in [3.8, 4) is 0 Å². The van der Waals surface area contributed by atoms with Crippen molar-refractivity contribution in [2.45, 2.75) is 43.5 Å². The zero-order valence-corrected chi connectivity index (χ0v) is 15.9. The lowest BCUT2D eigenvalue weighted by Crippen LogP contribution is -2.29. The van der Waals surface area contributed by atoms with Crippen LogP contribution in [0.3, 0.4) is 0 Å². The summed E-state index contributed by atoms with van der Waals surface area (Å²) in [6.07, 6.45) is 2.82. The van der Waals surface area contributed by atoms with Gasteiger partial charge in [-0.15, -0.1) is 0 Å². The summed E-state index contributed by atoms with van der Waals surface area (Å²) in [6.45, 7) is 6.76. The Hall–Kier alpha value is -1.75. The summed E-state index contributed by atoms with van der Waals surface area (Å²) >= 11 is 1.58. The predicted molar refractivity (Wildman–Crippen MR) is 107 cm³/mol. The van der Waals surface area contributed by atoms with Crippen LogP contribution in [0.15, 0.2) is 59.6 Å². The molecule has 2 aromatic carbocycles. The summed E-state index contributed by atoms with van der Waals surface area (Å²) < 4.78 is 3.40. The Kier molecular flexibility index (Phi) is 5.52. The highest BCUT2D eigenvalue weighted by Crippen LogP contribution is 2.25. The standard InChI is InChI=1S/C21H26N2OS/c1-21(2,3)16-8-10-18(11-9-16)25-23-17(14-24)12-15-13-22-20-7-5-4-6-19(15)20/h4-11,13,17,22-24H,12,14H2,1-3H3. The van der Waals surface area contributed by atoms with Crippen molar-refractivity contribution in [3.63, 3.8) is 0 Å². The third kappa shape index (κ3) is 4.46. The molecule has 0 saturated carbocycles. The van der Waals surface area contributed by atoms with Crippen molar-refractivity contribution < 1.29 is 5.11 Å². The van der Waals surface area contributed by atoms with E-state index < -0.39 is 0 Å². The van der Waals surface area contributed by atoms with Crippen LogP contribution in [0.4, 0.5) is 0 Å². The van der Waals surface area contributed by atoms with Gasteiger partial charge in [-0.25, -0.2) is 0 Å². The first-order chi connectivity index (χ1) is 12.0. The largest absolute Gasteiger partial charge is 0.395 e. The number of benzene rings is 2. The van der Waals surface area contributed by atoms with Crippen LogP contribution in [0.1, 0.15) is 31.9 Å². The van der Waals surface area contributed by atoms with Crippen LogP contribution >= 0.6 is 11.9 Å². The molecule has 0 aliphatic rings. The lowest BCUT2D eigenvalue weighted by atomic mass is 9.87. The second-order valence-corrected chi connectivity index (χ2v) is 8.35. The SMILES string of the molecule is CC(C)(C)c1ccc(SNC(CO)Cc2c[nH]c3ccccc23)cc1. The molecule has 4 heteroatoms. The summed E-state index contributed by atoms with van der Waals surface area (Å²) in [5, 5.41) is 11.0. The van der Waals surface area contributed by atoms with Gasteiger partial charge in [0.05, 0.1) is 6.61 Å². The average Bonchev–Trinajstić information content (AvgIpc) is 3.01. The number of aliphatic hydroxyl groups excluding tert-OH is 1. The maximum atomic E-state index is 9.74. The Morgan fingerprint density at radius 1 is 1.08 bits per heavy atom. The number of aliphatic hydroxyl groups is 1. The number of hydrogen-bond donors (Lipinski definition) is 3. The molecule has 0 radical (unpaired) electrons. The smallest absolute Gasteiger partial charge is 0.0596 e. The van der Waals surface area contributed by atoms with Crippen LogP contribution in [-0.2, 0) is 11.8 Å². The zero-order valence-electron chi connectivity index (χ0n) is 15.0. The minimum Gasteiger partial charge on any atom is -0.395 e. The van der Waals surface area contributed by atoms with Crippen LogP contribution in [0.25, 0.3) is 10.9 Å². The van der Waals surface area contributed by atoms with Gasteiger partial charge in [0.1, 0.15) is 0 Å². The fourth-order valence-corrected chi connectivity index (χ4v) is 3.62. The van der Waals surface area contributed by atoms with E-state index in [2.05, 4.69) is 66.9 Å². The Balaban J connectivity index is 1.63. The molecule has 25 heavy (non-hydrogen) atoms. The average molecular weight is 355 g/mol. The molecular weight excluding hydrogens is 328 g/mol. The van der Waals surface area contributed by atoms with Gasteiger partial charge in [0.15, 0.2) is 0 Å². The molecule has 1 heterocycles. The van der Waals surface area contributed by atoms with Gasteiger partial charge in [-0.2, -0.15) is 0 Å². The molecule has 1 aromatic heterocycles. The number of rotatable bonds is 6. The third-order valence-corrected chi connectivity index (χ3v) is 5.38. The van der Waals surface area contributed by atoms with E-state index in [9.17, 15) is 5.11 Å². The van der Waals surface area contributed by atoms with Crippen molar-refractivity contribution in [1.82, 2.24) is 9.71 Å². The van der Waals surface area contributed by atoms with Gasteiger partial charge in [0.2, 0.25) is 0 Å². The molecule has 1 atom stereocenters. The van der Waals surface area contributed by atoms with E-state index >= 15 is 0 Å². The molecule has 0 bridgehead atoms. The lowest BCUT2D eigenvalue weighted by molar-refractivity contribution is 0.258. The van der Waals surface area contributed by atoms with Crippen molar-refractivity contribution in [1.29, 1.82) is 0 Å². The van der Waals surface area contributed by atoms with Gasteiger partial charge in [-0.05, 0) is 53.1 Å². The van der Waals surface area contributed by atoms with E-state index in [1.165, 1.54) is 16.5 Å². The molecular formula is C21H26N2OS. The summed E-state index contributed by atoms with van der Waals surface area (Å²) in [4.78, 5) is 4.45. The number of aromatic amines is 1. The summed E-state index contributed by atoms with van der Waals surface area (Å²) in [5.74, 6) is 0. The molecule has 0 amide bonds. The first-order valence-electron chi connectivity index (χ1n) is 8.66. The highest BCUT2D eigenvalue weighted by atomic mass is 32.2. The van der Waals surface area contributed by atoms with E-state index in [1.54, 1.807) is 11.9 Å². The molecule has 3 aromatic rings. The second kappa shape index (κ2) is 7.65. The Morgan fingerprint density at radius 3 is 2.48 bits per heavy atom. The van der Waals surface area contributed by atoms with Crippen LogP contribution in [0, 0.1) is 0 Å². The molecule has 0 aliphatic carbocycles. The maximum absolute atomic E-state index is 9.74. The van der Waals surface area contributed by atoms with Gasteiger partial charge in [0, 0.05) is 28.0 Å². The van der Waals surface area contributed by atoms with Crippen molar-refractivity contribution in [2.75, 3.05) is 6.61 Å². The van der Waals surface area contributed by atoms with Crippen LogP contribution in [0.2, 0.25) is 0 Å². The molecule has 0 spiro atoms. The van der Waals surface area contributed by atoms with Crippen molar-refractivity contribution in [3.05, 3.63) is 65.9 Å². The molecule has 0 saturated heterocycles. The van der Waals surface area contributed by atoms with Gasteiger partial charge < -0.3 is 10.1 Å². The van der Waals surface area contributed by atoms with E-state index in [0.717, 1.165) is 16.8 Å². The van der Waals surface area contributed by atoms with Crippen LogP contribution in [0.5, 0.6) is 0 Å². The number of fused-ring (bicyclic) bond motifs is 1. The first kappa shape index (κ1) is 18.1. The molecule has 3 nitrogen and oxygen atoms in total. The third-order valence-electron chi connectivity index (χ3n) is 4.43. The van der Waals surface area contributed by atoms with Gasteiger partial charge in [-0.3, -0.25) is 4.72 Å². The minimum absolute atomic E-state index is 0.00602. The highest BCUT2D eigenvalue weighted by Gasteiger charge is 2.14. The topological polar surface area (TPSA) is 48.0 Å². The molecule has 3 rings (SSSR count). The summed E-state index contributed by atoms with van der Waals surface area (Å²) in [6, 6.07) is 16.9. The Labute approximate surface area is 154 Å². The van der Waals surface area contributed by atoms with Crippen LogP contribution in [-0.4, -0.2) is 22.7 Å². The zero-order chi connectivity index (χ0) is 17.9. The Bertz CT molecular complexity index is 818. The minimum atomic E-state index is 0.00602. The lowest BCUT2D eigenvalue weighted by Gasteiger charge is -2.19. The summed E-state index contributed by atoms with van der Waals surface area (Å²) in [5.41, 5.74) is 3.86. The predicted octanol–water partition coefficient (Wildman–Crippen LogP) is 4.67. The van der Waals surface area contributed by atoms with E-state index in [-0.39, 0.29) is 18.1 Å². The molecule has 0 fully saturated rings. The summed E-state index contributed by atoms with van der Waals surface area (Å²) in [7, 11) is 0. The van der Waals surface area contributed by atoms with Crippen molar-refractivity contribution >= 4 is 22.9 Å². The fraction of sp³-hybridized carbons (Fsp3) is 0.333. The molecule has 3 N–H and O–H groups in total. The van der Waals surface area contributed by atoms with Gasteiger partial charge in [0.25, 0.3) is 0 Å². The number of aromatic nitrogens is 1. The van der Waals surface area contributed by atoms with E-state index in [0.29, 0.717) is 0 Å². The Morgan fingerprint density at radius 2 is 1.80 bits per heavy atom. The molecule has 132 valence electrons. The van der Waals surface area contributed by atoms with Crippen LogP contribution < -0.4 is 4.72 Å². The monoisotopic (exact) mass is 354 g/mol. The van der Waals surface area contributed by atoms with Gasteiger partial charge in [-0.1, -0.05) is 51.1 Å². The number of para-hydroxylation sites is 1. The number of H-pyrrole nitrogens is 1. The quantitative estimate of drug-likeness (QED) is 0.564. The number of hydrogen-bond acceptors (Lipinski definition) is 3. The fourth-order valence-electron chi connectivity index (χ4n) is 2.88. The maximum Gasteiger partial charge on any atom is 0.0596 e. The second-order valence-electron chi connectivity index (χ2n) is 7.44.